The predicted molar refractivity (Wildman–Crippen MR) is 201 cm³/mol. The van der Waals surface area contributed by atoms with Gasteiger partial charge in [-0.05, 0) is 52.9 Å². The fourth-order valence-electron chi connectivity index (χ4n) is 7.49. The molecule has 2 fully saturated rings. The maximum Gasteiger partial charge on any atom is 0.256 e. The Balaban J connectivity index is 0.999. The molecule has 51 heavy (non-hydrogen) atoms. The summed E-state index contributed by atoms with van der Waals surface area (Å²) in [6.07, 6.45) is 1.21. The van der Waals surface area contributed by atoms with Crippen LogP contribution in [0.4, 0.5) is 5.69 Å². The molecule has 0 radical (unpaired) electrons. The fourth-order valence-corrected chi connectivity index (χ4v) is 7.62. The van der Waals surface area contributed by atoms with E-state index in [4.69, 9.17) is 11.6 Å². The average molecular weight is 705 g/mol. The third-order valence-electron chi connectivity index (χ3n) is 10.3. The molecule has 3 heterocycles. The summed E-state index contributed by atoms with van der Waals surface area (Å²) in [4.78, 5) is 50.2. The molecule has 0 saturated carbocycles. The molecule has 0 aliphatic carbocycles. The van der Waals surface area contributed by atoms with Gasteiger partial charge in [0.1, 0.15) is 12.1 Å². The molecule has 264 valence electrons. The van der Waals surface area contributed by atoms with Crippen LogP contribution in [0.1, 0.15) is 38.7 Å². The van der Waals surface area contributed by atoms with Crippen LogP contribution in [0.25, 0.3) is 0 Å². The van der Waals surface area contributed by atoms with Gasteiger partial charge in [0.25, 0.3) is 5.91 Å². The van der Waals surface area contributed by atoms with Crippen molar-refractivity contribution < 1.29 is 14.4 Å². The Morgan fingerprint density at radius 3 is 2.16 bits per heavy atom. The number of halogens is 1. The maximum atomic E-state index is 14.2. The number of benzene rings is 4. The minimum Gasteiger partial charge on any atom is -0.367 e. The smallest absolute Gasteiger partial charge is 0.256 e. The van der Waals surface area contributed by atoms with E-state index in [-0.39, 0.29) is 17.7 Å². The second-order valence-corrected chi connectivity index (χ2v) is 14.0. The number of rotatable bonds is 9. The van der Waals surface area contributed by atoms with Gasteiger partial charge in [0.05, 0.1) is 5.56 Å². The molecule has 3 aliphatic heterocycles. The largest absolute Gasteiger partial charge is 0.367 e. The Hall–Kier alpha value is -4.70. The van der Waals surface area contributed by atoms with Gasteiger partial charge in [-0.15, -0.1) is 0 Å². The summed E-state index contributed by atoms with van der Waals surface area (Å²) in [5.74, 6) is -0.270. The van der Waals surface area contributed by atoms with Crippen molar-refractivity contribution in [2.75, 3.05) is 63.8 Å². The van der Waals surface area contributed by atoms with E-state index in [9.17, 15) is 14.4 Å². The molecule has 3 aliphatic rings. The van der Waals surface area contributed by atoms with E-state index in [0.717, 1.165) is 48.4 Å². The lowest BCUT2D eigenvalue weighted by atomic mass is 9.93. The van der Waals surface area contributed by atoms with Crippen LogP contribution in [0, 0.1) is 0 Å². The number of carbonyl (C=O) groups is 3. The normalized spacial score (nSPS) is 18.5. The van der Waals surface area contributed by atoms with E-state index in [1.807, 2.05) is 70.5 Å². The van der Waals surface area contributed by atoms with Gasteiger partial charge >= 0.3 is 0 Å². The number of amides is 3. The van der Waals surface area contributed by atoms with E-state index in [2.05, 4.69) is 50.8 Å². The molecule has 0 aromatic heterocycles. The molecular formula is C41H45ClN6O3. The van der Waals surface area contributed by atoms with Gasteiger partial charge < -0.3 is 25.3 Å². The van der Waals surface area contributed by atoms with Crippen molar-refractivity contribution in [2.45, 2.75) is 31.5 Å². The Bertz CT molecular complexity index is 1820. The number of hydrogen-bond donors (Lipinski definition) is 2. The first-order chi connectivity index (χ1) is 24.9. The zero-order chi connectivity index (χ0) is 35.2. The lowest BCUT2D eigenvalue weighted by Crippen LogP contribution is -2.57. The highest BCUT2D eigenvalue weighted by molar-refractivity contribution is 6.30. The van der Waals surface area contributed by atoms with Gasteiger partial charge in [0.2, 0.25) is 11.8 Å². The van der Waals surface area contributed by atoms with E-state index >= 15 is 0 Å². The van der Waals surface area contributed by atoms with Gasteiger partial charge in [-0.1, -0.05) is 90.5 Å². The van der Waals surface area contributed by atoms with Crippen LogP contribution < -0.4 is 15.5 Å². The highest BCUT2D eigenvalue weighted by Crippen LogP contribution is 2.26. The Labute approximate surface area is 305 Å². The number of nitrogens with one attached hydrogen (secondary N) is 2. The quantitative estimate of drug-likeness (QED) is 0.266. The molecular weight excluding hydrogens is 660 g/mol. The van der Waals surface area contributed by atoms with Gasteiger partial charge in [0, 0.05) is 82.6 Å². The van der Waals surface area contributed by atoms with Crippen LogP contribution in [-0.4, -0.2) is 97.4 Å². The minimum absolute atomic E-state index is 0.0482. The van der Waals surface area contributed by atoms with Gasteiger partial charge in [0.15, 0.2) is 0 Å². The van der Waals surface area contributed by atoms with Crippen LogP contribution in [-0.2, 0) is 29.0 Å². The minimum atomic E-state index is -0.740. The van der Waals surface area contributed by atoms with Crippen molar-refractivity contribution in [3.8, 4) is 0 Å². The van der Waals surface area contributed by atoms with Crippen molar-refractivity contribution in [1.29, 1.82) is 0 Å². The summed E-state index contributed by atoms with van der Waals surface area (Å²) in [5.41, 5.74) is 5.90. The zero-order valence-corrected chi connectivity index (χ0v) is 29.6. The van der Waals surface area contributed by atoms with Crippen molar-refractivity contribution >= 4 is 35.0 Å². The monoisotopic (exact) mass is 704 g/mol. The van der Waals surface area contributed by atoms with Crippen LogP contribution >= 0.6 is 11.6 Å². The molecule has 7 rings (SSSR count). The second-order valence-electron chi connectivity index (χ2n) is 13.6. The lowest BCUT2D eigenvalue weighted by Gasteiger charge is -2.39. The Morgan fingerprint density at radius 1 is 0.725 bits per heavy atom. The van der Waals surface area contributed by atoms with Crippen LogP contribution in [0.15, 0.2) is 103 Å². The highest BCUT2D eigenvalue weighted by atomic mass is 35.5. The maximum absolute atomic E-state index is 14.2. The third kappa shape index (κ3) is 8.28. The van der Waals surface area contributed by atoms with E-state index in [1.165, 1.54) is 5.56 Å². The van der Waals surface area contributed by atoms with Crippen LogP contribution in [0.3, 0.4) is 0 Å². The summed E-state index contributed by atoms with van der Waals surface area (Å²) in [7, 11) is 0. The molecule has 2 atom stereocenters. The van der Waals surface area contributed by atoms with Crippen molar-refractivity contribution in [1.82, 2.24) is 25.3 Å². The molecule has 4 aromatic rings. The number of nitrogens with zero attached hydrogens (tertiary/aromatic N) is 4. The number of fused-ring (bicyclic) bond motifs is 1. The molecule has 10 heteroatoms. The highest BCUT2D eigenvalue weighted by Gasteiger charge is 2.34. The van der Waals surface area contributed by atoms with Gasteiger partial charge in [-0.2, -0.15) is 0 Å². The SMILES string of the molecule is O=C(N[C@H](Cc1ccc(Cl)cc1)C(=O)N1CCN(c2ccccc2C(=O)N2CCN(Cc3ccccc3)CC2)CC1)C1NCCc2ccccc21. The average Bonchev–Trinajstić information content (AvgIpc) is 3.18. The van der Waals surface area contributed by atoms with Gasteiger partial charge in [-0.3, -0.25) is 19.3 Å². The molecule has 9 nitrogen and oxygen atoms in total. The lowest BCUT2D eigenvalue weighted by molar-refractivity contribution is -0.137. The first kappa shape index (κ1) is 34.7. The fraction of sp³-hybridized carbons (Fsp3) is 0.341. The van der Waals surface area contributed by atoms with E-state index in [0.29, 0.717) is 62.8 Å². The number of hydrogen-bond acceptors (Lipinski definition) is 6. The molecule has 4 aromatic carbocycles. The molecule has 1 unspecified atom stereocenters. The Kier molecular flexibility index (Phi) is 11.0. The van der Waals surface area contributed by atoms with Crippen LogP contribution in [0.5, 0.6) is 0 Å². The first-order valence-corrected chi connectivity index (χ1v) is 18.3. The molecule has 2 N–H and O–H groups in total. The number of piperazine rings is 2. The van der Waals surface area contributed by atoms with Crippen molar-refractivity contribution in [2.24, 2.45) is 0 Å². The molecule has 0 bridgehead atoms. The van der Waals surface area contributed by atoms with E-state index in [1.54, 1.807) is 12.1 Å². The zero-order valence-electron chi connectivity index (χ0n) is 28.8. The molecule has 2 saturated heterocycles. The summed E-state index contributed by atoms with van der Waals surface area (Å²) in [6, 6.07) is 32.4. The van der Waals surface area contributed by atoms with E-state index < -0.39 is 12.1 Å². The van der Waals surface area contributed by atoms with Crippen molar-refractivity contribution in [3.05, 3.63) is 136 Å². The van der Waals surface area contributed by atoms with Gasteiger partial charge in [-0.25, -0.2) is 0 Å². The first-order valence-electron chi connectivity index (χ1n) is 18.0. The van der Waals surface area contributed by atoms with Crippen LogP contribution in [0.2, 0.25) is 5.02 Å². The predicted octanol–water partition coefficient (Wildman–Crippen LogP) is 4.56. The topological polar surface area (TPSA) is 88.2 Å². The number of carbonyl (C=O) groups excluding carboxylic acids is 3. The standard InChI is InChI=1S/C41H45ClN6O3/c42-33-16-14-30(15-17-33)28-36(44-39(49)38-34-11-5-4-10-32(34)18-19-43-38)41(51)48-26-24-46(25-27-48)37-13-7-6-12-35(37)40(50)47-22-20-45(21-23-47)29-31-8-2-1-3-9-31/h1-17,36,38,43H,18-29H2,(H,44,49)/t36-,38?/m1/s1. The van der Waals surface area contributed by atoms with Crippen molar-refractivity contribution in [3.63, 3.8) is 0 Å². The number of para-hydroxylation sites is 1. The molecule has 3 amide bonds. The summed E-state index contributed by atoms with van der Waals surface area (Å²) in [6.45, 7) is 6.75. The molecule has 0 spiro atoms. The third-order valence-corrected chi connectivity index (χ3v) is 10.6. The number of anilines is 1. The second kappa shape index (κ2) is 16.1. The summed E-state index contributed by atoms with van der Waals surface area (Å²) in [5, 5.41) is 7.08. The summed E-state index contributed by atoms with van der Waals surface area (Å²) < 4.78 is 0. The Morgan fingerprint density at radius 2 is 1.39 bits per heavy atom. The summed E-state index contributed by atoms with van der Waals surface area (Å²) >= 11 is 6.15.